The first-order valence-corrected chi connectivity index (χ1v) is 7.53. The molecule has 0 fully saturated rings. The van der Waals surface area contributed by atoms with Crippen LogP contribution in [0.5, 0.6) is 0 Å². The van der Waals surface area contributed by atoms with Gasteiger partial charge in [0.05, 0.1) is 11.0 Å². The van der Waals surface area contributed by atoms with Gasteiger partial charge in [-0.05, 0) is 24.6 Å². The van der Waals surface area contributed by atoms with E-state index in [2.05, 4.69) is 25.9 Å². The van der Waals surface area contributed by atoms with Crippen molar-refractivity contribution in [2.24, 2.45) is 0 Å². The largest absolute Gasteiger partial charge is 0.341 e. The second-order valence-corrected chi connectivity index (χ2v) is 6.93. The van der Waals surface area contributed by atoms with Gasteiger partial charge in [-0.25, -0.2) is 13.4 Å². The Hall–Kier alpha value is -0.880. The van der Waals surface area contributed by atoms with Gasteiger partial charge in [0.25, 0.3) is 0 Å². The highest BCUT2D eigenvalue weighted by molar-refractivity contribution is 9.10. The standard InChI is InChI=1S/C10H11BrN2O2S/c1-6-3-7(11)4-8-10(6)13-9(12-8)5-16(2,14)15/h3-4H,5H2,1-2H3,(H,12,13). The smallest absolute Gasteiger partial charge is 0.154 e. The molecular weight excluding hydrogens is 292 g/mol. The summed E-state index contributed by atoms with van der Waals surface area (Å²) in [5.74, 6) is 0.428. The van der Waals surface area contributed by atoms with Crippen LogP contribution in [0.4, 0.5) is 0 Å². The van der Waals surface area contributed by atoms with E-state index in [-0.39, 0.29) is 5.75 Å². The molecule has 0 atom stereocenters. The fourth-order valence-electron chi connectivity index (χ4n) is 1.61. The van der Waals surface area contributed by atoms with Crippen molar-refractivity contribution in [2.45, 2.75) is 12.7 Å². The molecule has 0 amide bonds. The summed E-state index contributed by atoms with van der Waals surface area (Å²) in [6.45, 7) is 1.94. The fourth-order valence-corrected chi connectivity index (χ4v) is 2.82. The molecule has 0 radical (unpaired) electrons. The number of benzene rings is 1. The zero-order valence-corrected chi connectivity index (χ0v) is 11.3. The average Bonchev–Trinajstić information content (AvgIpc) is 2.43. The van der Waals surface area contributed by atoms with Crippen molar-refractivity contribution >= 4 is 36.8 Å². The van der Waals surface area contributed by atoms with Gasteiger partial charge in [0.2, 0.25) is 0 Å². The van der Waals surface area contributed by atoms with Crippen LogP contribution in [0, 0.1) is 6.92 Å². The molecule has 1 N–H and O–H groups in total. The number of hydrogen-bond donors (Lipinski definition) is 1. The topological polar surface area (TPSA) is 62.8 Å². The van der Waals surface area contributed by atoms with Crippen LogP contribution in [0.15, 0.2) is 16.6 Å². The quantitative estimate of drug-likeness (QED) is 0.925. The van der Waals surface area contributed by atoms with Crippen molar-refractivity contribution < 1.29 is 8.42 Å². The van der Waals surface area contributed by atoms with E-state index in [1.807, 2.05) is 19.1 Å². The zero-order valence-electron chi connectivity index (χ0n) is 8.91. The average molecular weight is 303 g/mol. The van der Waals surface area contributed by atoms with Gasteiger partial charge in [-0.1, -0.05) is 15.9 Å². The number of aromatic amines is 1. The number of hydrogen-bond acceptors (Lipinski definition) is 3. The Bertz CT molecular complexity index is 646. The lowest BCUT2D eigenvalue weighted by molar-refractivity contribution is 0.600. The first-order chi connectivity index (χ1) is 7.35. The molecule has 1 aromatic heterocycles. The van der Waals surface area contributed by atoms with Crippen LogP contribution in [-0.4, -0.2) is 24.6 Å². The Kier molecular flexibility index (Phi) is 2.79. The number of nitrogens with one attached hydrogen (secondary N) is 1. The monoisotopic (exact) mass is 302 g/mol. The van der Waals surface area contributed by atoms with Crippen LogP contribution in [-0.2, 0) is 15.6 Å². The summed E-state index contributed by atoms with van der Waals surface area (Å²) in [6.07, 6.45) is 1.20. The van der Waals surface area contributed by atoms with E-state index in [1.54, 1.807) is 0 Å². The molecule has 1 aromatic carbocycles. The van der Waals surface area contributed by atoms with Crippen LogP contribution >= 0.6 is 15.9 Å². The Balaban J connectivity index is 2.56. The third kappa shape index (κ3) is 2.44. The van der Waals surface area contributed by atoms with Crippen molar-refractivity contribution in [3.8, 4) is 0 Å². The molecule has 16 heavy (non-hydrogen) atoms. The number of H-pyrrole nitrogens is 1. The van der Waals surface area contributed by atoms with Crippen molar-refractivity contribution in [3.05, 3.63) is 28.0 Å². The highest BCUT2D eigenvalue weighted by Gasteiger charge is 2.11. The maximum Gasteiger partial charge on any atom is 0.154 e. The third-order valence-corrected chi connectivity index (χ3v) is 3.45. The number of halogens is 1. The van der Waals surface area contributed by atoms with Crippen LogP contribution in [0.1, 0.15) is 11.4 Å². The lowest BCUT2D eigenvalue weighted by atomic mass is 10.2. The third-order valence-electron chi connectivity index (χ3n) is 2.19. The highest BCUT2D eigenvalue weighted by Crippen LogP contribution is 2.22. The van der Waals surface area contributed by atoms with Crippen molar-refractivity contribution in [1.82, 2.24) is 9.97 Å². The number of nitrogens with zero attached hydrogens (tertiary/aromatic N) is 1. The molecule has 1 heterocycles. The Morgan fingerprint density at radius 2 is 2.12 bits per heavy atom. The first-order valence-electron chi connectivity index (χ1n) is 4.67. The van der Waals surface area contributed by atoms with E-state index >= 15 is 0 Å². The van der Waals surface area contributed by atoms with E-state index in [0.717, 1.165) is 21.1 Å². The van der Waals surface area contributed by atoms with Gasteiger partial charge in [0, 0.05) is 10.7 Å². The second kappa shape index (κ2) is 3.85. The molecule has 0 bridgehead atoms. The van der Waals surface area contributed by atoms with Crippen molar-refractivity contribution in [3.63, 3.8) is 0 Å². The van der Waals surface area contributed by atoms with Crippen LogP contribution in [0.2, 0.25) is 0 Å². The molecule has 0 saturated carbocycles. The van der Waals surface area contributed by atoms with Crippen LogP contribution in [0.25, 0.3) is 11.0 Å². The number of aromatic nitrogens is 2. The number of fused-ring (bicyclic) bond motifs is 1. The minimum atomic E-state index is -3.05. The number of imidazole rings is 1. The Morgan fingerprint density at radius 1 is 1.44 bits per heavy atom. The molecule has 86 valence electrons. The molecule has 0 aliphatic carbocycles. The maximum atomic E-state index is 11.2. The lowest BCUT2D eigenvalue weighted by Crippen LogP contribution is -2.01. The van der Waals surface area contributed by atoms with Gasteiger partial charge < -0.3 is 4.98 Å². The minimum absolute atomic E-state index is 0.0568. The summed E-state index contributed by atoms with van der Waals surface area (Å²) in [4.78, 5) is 7.30. The summed E-state index contributed by atoms with van der Waals surface area (Å²) in [6, 6.07) is 3.84. The van der Waals surface area contributed by atoms with Crippen LogP contribution < -0.4 is 0 Å². The molecule has 0 saturated heterocycles. The van der Waals surface area contributed by atoms with E-state index < -0.39 is 9.84 Å². The number of rotatable bonds is 2. The predicted molar refractivity (Wildman–Crippen MR) is 67.1 cm³/mol. The summed E-state index contributed by atoms with van der Waals surface area (Å²) in [5, 5.41) is 0. The fraction of sp³-hybridized carbons (Fsp3) is 0.300. The number of aryl methyl sites for hydroxylation is 1. The van der Waals surface area contributed by atoms with Crippen molar-refractivity contribution in [1.29, 1.82) is 0 Å². The summed E-state index contributed by atoms with van der Waals surface area (Å²) < 4.78 is 23.3. The molecular formula is C10H11BrN2O2S. The van der Waals surface area contributed by atoms with Gasteiger partial charge in [0.15, 0.2) is 9.84 Å². The summed E-state index contributed by atoms with van der Waals surface area (Å²) in [7, 11) is -3.05. The van der Waals surface area contributed by atoms with E-state index in [9.17, 15) is 8.42 Å². The van der Waals surface area contributed by atoms with E-state index in [0.29, 0.717) is 5.82 Å². The van der Waals surface area contributed by atoms with E-state index in [1.165, 1.54) is 6.26 Å². The van der Waals surface area contributed by atoms with Gasteiger partial charge in [0.1, 0.15) is 11.6 Å². The molecule has 6 heteroatoms. The van der Waals surface area contributed by atoms with Gasteiger partial charge in [-0.2, -0.15) is 0 Å². The van der Waals surface area contributed by atoms with Gasteiger partial charge >= 0.3 is 0 Å². The van der Waals surface area contributed by atoms with E-state index in [4.69, 9.17) is 0 Å². The summed E-state index contributed by atoms with van der Waals surface area (Å²) >= 11 is 3.39. The molecule has 0 aliphatic heterocycles. The molecule has 2 rings (SSSR count). The normalized spacial score (nSPS) is 12.2. The minimum Gasteiger partial charge on any atom is -0.341 e. The molecule has 0 aliphatic rings. The SMILES string of the molecule is Cc1cc(Br)cc2[nH]c(CS(C)(=O)=O)nc12. The molecule has 2 aromatic rings. The lowest BCUT2D eigenvalue weighted by Gasteiger charge is -1.94. The Morgan fingerprint density at radius 3 is 2.75 bits per heavy atom. The second-order valence-electron chi connectivity index (χ2n) is 3.87. The summed E-state index contributed by atoms with van der Waals surface area (Å²) in [5.41, 5.74) is 2.69. The molecule has 4 nitrogen and oxygen atoms in total. The zero-order chi connectivity index (χ0) is 11.9. The van der Waals surface area contributed by atoms with Crippen molar-refractivity contribution in [2.75, 3.05) is 6.26 Å². The van der Waals surface area contributed by atoms with Gasteiger partial charge in [-0.3, -0.25) is 0 Å². The number of sulfone groups is 1. The molecule has 0 unspecified atom stereocenters. The Labute approximate surface area is 102 Å². The predicted octanol–water partition coefficient (Wildman–Crippen LogP) is 2.18. The highest BCUT2D eigenvalue weighted by atomic mass is 79.9. The van der Waals surface area contributed by atoms with Gasteiger partial charge in [-0.15, -0.1) is 0 Å². The molecule has 0 spiro atoms. The maximum absolute atomic E-state index is 11.2. The van der Waals surface area contributed by atoms with Crippen LogP contribution in [0.3, 0.4) is 0 Å². The first kappa shape index (κ1) is 11.6.